The number of hydrogen-bond acceptors (Lipinski definition) is 9. The first-order valence-corrected chi connectivity index (χ1v) is 12.2. The van der Waals surface area contributed by atoms with Gasteiger partial charge in [0.15, 0.2) is 15.2 Å². The minimum absolute atomic E-state index is 0.00587. The summed E-state index contributed by atoms with van der Waals surface area (Å²) in [6.45, 7) is 1.64. The van der Waals surface area contributed by atoms with Crippen molar-refractivity contribution in [2.45, 2.75) is 22.0 Å². The molecule has 3 atom stereocenters. The van der Waals surface area contributed by atoms with Crippen molar-refractivity contribution in [2.24, 2.45) is 17.6 Å². The van der Waals surface area contributed by atoms with E-state index < -0.39 is 5.97 Å². The molecule has 0 spiro atoms. The summed E-state index contributed by atoms with van der Waals surface area (Å²) >= 11 is 2.45. The summed E-state index contributed by atoms with van der Waals surface area (Å²) in [5, 5.41) is 15.6. The van der Waals surface area contributed by atoms with Crippen molar-refractivity contribution in [1.82, 2.24) is 19.9 Å². The van der Waals surface area contributed by atoms with E-state index in [0.717, 1.165) is 36.2 Å². The number of carbonyl (C=O) groups is 1. The van der Waals surface area contributed by atoms with E-state index in [0.29, 0.717) is 38.1 Å². The predicted molar refractivity (Wildman–Crippen MR) is 126 cm³/mol. The molecule has 1 aliphatic heterocycles. The summed E-state index contributed by atoms with van der Waals surface area (Å²) in [5.41, 5.74) is 8.20. The number of nitrogens with two attached hydrogens (primary N) is 1. The number of carboxylic acid groups (broad SMARTS) is 1. The fourth-order valence-corrected chi connectivity index (χ4v) is 6.56. The molecule has 1 aromatic carbocycles. The average Bonchev–Trinajstić information content (AvgIpc) is 3.48. The topological polar surface area (TPSA) is 133 Å². The van der Waals surface area contributed by atoms with Crippen LogP contribution >= 0.6 is 23.1 Å². The number of nitrogens with one attached hydrogen (secondary N) is 2. The monoisotopic (exact) mass is 485 g/mol. The van der Waals surface area contributed by atoms with Crippen LogP contribution in [0.15, 0.2) is 27.0 Å². The van der Waals surface area contributed by atoms with Gasteiger partial charge >= 0.3 is 5.97 Å². The number of hydrogen-bond donors (Lipinski definition) is 4. The molecule has 4 aromatic rings. The molecule has 1 aliphatic carbocycles. The van der Waals surface area contributed by atoms with E-state index in [1.807, 2.05) is 0 Å². The molecule has 4 heterocycles. The van der Waals surface area contributed by atoms with Crippen molar-refractivity contribution in [3.63, 3.8) is 0 Å². The highest BCUT2D eigenvalue weighted by atomic mass is 32.2. The summed E-state index contributed by atoms with van der Waals surface area (Å²) in [6.07, 6.45) is 1.00. The lowest BCUT2D eigenvalue weighted by Crippen LogP contribution is -2.46. The Morgan fingerprint density at radius 2 is 2.21 bits per heavy atom. The van der Waals surface area contributed by atoms with Crippen LogP contribution in [0.5, 0.6) is 0 Å². The molecule has 0 bridgehead atoms. The third-order valence-corrected chi connectivity index (χ3v) is 8.36. The zero-order valence-corrected chi connectivity index (χ0v) is 19.1. The quantitative estimate of drug-likeness (QED) is 0.314. The number of thiazole rings is 1. The number of fused-ring (bicyclic) bond motifs is 4. The van der Waals surface area contributed by atoms with Crippen molar-refractivity contribution in [3.8, 4) is 0 Å². The van der Waals surface area contributed by atoms with E-state index in [1.54, 1.807) is 7.05 Å². The largest absolute Gasteiger partial charge is 0.476 e. The van der Waals surface area contributed by atoms with E-state index in [-0.39, 0.29) is 17.6 Å². The molecular weight excluding hydrogens is 465 g/mol. The third kappa shape index (κ3) is 3.31. The fraction of sp³-hybridized carbons (Fsp3) is 0.333. The van der Waals surface area contributed by atoms with Gasteiger partial charge < -0.3 is 26.0 Å². The SMILES string of the molecule is CNc1cc(F)cc2c1[nH]c1nc(Sc3nc(C(=O)O)cs3)nc(N3CC4CC(N)C4C3)c12. The zero-order chi connectivity index (χ0) is 22.9. The van der Waals surface area contributed by atoms with Gasteiger partial charge in [0.05, 0.1) is 16.6 Å². The van der Waals surface area contributed by atoms with Crippen LogP contribution in [-0.4, -0.2) is 57.2 Å². The van der Waals surface area contributed by atoms with E-state index in [4.69, 9.17) is 15.8 Å². The molecule has 3 aromatic heterocycles. The van der Waals surface area contributed by atoms with Crippen LogP contribution in [-0.2, 0) is 0 Å². The Morgan fingerprint density at radius 1 is 1.36 bits per heavy atom. The maximum absolute atomic E-state index is 14.4. The molecule has 3 unspecified atom stereocenters. The first kappa shape index (κ1) is 20.6. The number of H-pyrrole nitrogens is 1. The Hall–Kier alpha value is -2.96. The van der Waals surface area contributed by atoms with Gasteiger partial charge in [0.25, 0.3) is 0 Å². The van der Waals surface area contributed by atoms with E-state index in [2.05, 4.69) is 25.2 Å². The van der Waals surface area contributed by atoms with E-state index in [1.165, 1.54) is 40.6 Å². The zero-order valence-electron chi connectivity index (χ0n) is 17.5. The van der Waals surface area contributed by atoms with Crippen molar-refractivity contribution in [3.05, 3.63) is 29.0 Å². The number of benzene rings is 1. The van der Waals surface area contributed by atoms with Gasteiger partial charge in [0, 0.05) is 36.9 Å². The number of anilines is 2. The van der Waals surface area contributed by atoms with Gasteiger partial charge in [0.1, 0.15) is 17.3 Å². The Bertz CT molecular complexity index is 1420. The minimum Gasteiger partial charge on any atom is -0.476 e. The van der Waals surface area contributed by atoms with Gasteiger partial charge in [-0.1, -0.05) is 0 Å². The molecule has 1 saturated carbocycles. The number of rotatable bonds is 5. The number of aromatic carboxylic acids is 1. The first-order valence-electron chi connectivity index (χ1n) is 10.5. The molecule has 0 amide bonds. The van der Waals surface area contributed by atoms with Gasteiger partial charge in [-0.25, -0.2) is 24.1 Å². The first-order chi connectivity index (χ1) is 15.9. The number of halogens is 1. The number of aromatic nitrogens is 4. The second-order valence-corrected chi connectivity index (χ2v) is 10.5. The minimum atomic E-state index is -1.07. The molecule has 2 fully saturated rings. The Balaban J connectivity index is 1.51. The lowest BCUT2D eigenvalue weighted by molar-refractivity contribution is 0.0691. The molecule has 1 saturated heterocycles. The molecule has 5 N–H and O–H groups in total. The lowest BCUT2D eigenvalue weighted by Gasteiger charge is -2.36. The van der Waals surface area contributed by atoms with Crippen LogP contribution in [0.2, 0.25) is 0 Å². The number of carboxylic acids is 1. The van der Waals surface area contributed by atoms with E-state index >= 15 is 0 Å². The Labute approximate surface area is 195 Å². The summed E-state index contributed by atoms with van der Waals surface area (Å²) in [7, 11) is 1.75. The molecule has 12 heteroatoms. The molecule has 33 heavy (non-hydrogen) atoms. The second kappa shape index (κ2) is 7.54. The normalized spacial score (nSPS) is 22.0. The van der Waals surface area contributed by atoms with Gasteiger partial charge in [-0.2, -0.15) is 0 Å². The molecular formula is C21H20FN7O2S2. The highest BCUT2D eigenvalue weighted by Crippen LogP contribution is 2.44. The van der Waals surface area contributed by atoms with Gasteiger partial charge in [-0.3, -0.25) is 0 Å². The van der Waals surface area contributed by atoms with Crippen LogP contribution in [0, 0.1) is 17.7 Å². The van der Waals surface area contributed by atoms with Crippen molar-refractivity contribution >= 4 is 62.5 Å². The number of aromatic amines is 1. The fourth-order valence-electron chi connectivity index (χ4n) is 4.91. The predicted octanol–water partition coefficient (Wildman–Crippen LogP) is 3.38. The summed E-state index contributed by atoms with van der Waals surface area (Å²) in [4.78, 5) is 30.4. The highest BCUT2D eigenvalue weighted by molar-refractivity contribution is 8.00. The van der Waals surface area contributed by atoms with Crippen molar-refractivity contribution in [2.75, 3.05) is 30.4 Å². The third-order valence-electron chi connectivity index (χ3n) is 6.55. The van der Waals surface area contributed by atoms with Crippen LogP contribution in [0.1, 0.15) is 16.9 Å². The number of nitrogens with zero attached hydrogens (tertiary/aromatic N) is 4. The van der Waals surface area contributed by atoms with E-state index in [9.17, 15) is 9.18 Å². The molecule has 170 valence electrons. The van der Waals surface area contributed by atoms with Crippen molar-refractivity contribution in [1.29, 1.82) is 0 Å². The standard InChI is InChI=1S/C21H20FN7O2S2/c1-24-13-4-9(22)3-10-15-17(26-16(10)13)27-20(33-21-25-14(7-32-21)19(30)31)28-18(15)29-5-8-2-12(23)11(8)6-29/h3-4,7-8,11-12,24H,2,5-6,23H2,1H3,(H,30,31)(H,26,27,28). The summed E-state index contributed by atoms with van der Waals surface area (Å²) in [6, 6.07) is 3.15. The summed E-state index contributed by atoms with van der Waals surface area (Å²) in [5.74, 6) is 0.282. The summed E-state index contributed by atoms with van der Waals surface area (Å²) < 4.78 is 15.0. The Morgan fingerprint density at radius 3 is 2.91 bits per heavy atom. The molecule has 0 radical (unpaired) electrons. The highest BCUT2D eigenvalue weighted by Gasteiger charge is 2.46. The van der Waals surface area contributed by atoms with Crippen molar-refractivity contribution < 1.29 is 14.3 Å². The maximum atomic E-state index is 14.4. The molecule has 6 rings (SSSR count). The van der Waals surface area contributed by atoms with Gasteiger partial charge in [0.2, 0.25) is 0 Å². The van der Waals surface area contributed by atoms with Gasteiger partial charge in [-0.15, -0.1) is 11.3 Å². The van der Waals surface area contributed by atoms with Crippen LogP contribution in [0.25, 0.3) is 21.9 Å². The average molecular weight is 486 g/mol. The lowest BCUT2D eigenvalue weighted by atomic mass is 9.72. The maximum Gasteiger partial charge on any atom is 0.355 e. The molecule has 9 nitrogen and oxygen atoms in total. The molecule has 2 aliphatic rings. The van der Waals surface area contributed by atoms with Gasteiger partial charge in [-0.05, 0) is 42.2 Å². The smallest absolute Gasteiger partial charge is 0.355 e. The van der Waals surface area contributed by atoms with Crippen LogP contribution < -0.4 is 16.0 Å². The van der Waals surface area contributed by atoms with Crippen LogP contribution in [0.3, 0.4) is 0 Å². The van der Waals surface area contributed by atoms with Crippen LogP contribution in [0.4, 0.5) is 15.9 Å². The second-order valence-electron chi connectivity index (χ2n) is 8.44. The Kier molecular flexibility index (Phi) is 4.71.